The number of hydrogen-bond donors (Lipinski definition) is 1. The third-order valence-electron chi connectivity index (χ3n) is 3.09. The maximum absolute atomic E-state index is 10.8. The molecule has 0 fully saturated rings. The van der Waals surface area contributed by atoms with Gasteiger partial charge in [-0.25, -0.2) is 0 Å². The SMILES string of the molecule is CCN(CC(=O)O)Cc1cccc(Oc2ccccc2)c1. The molecule has 0 aliphatic carbocycles. The zero-order valence-electron chi connectivity index (χ0n) is 12.0. The molecule has 0 unspecified atom stereocenters. The summed E-state index contributed by atoms with van der Waals surface area (Å²) in [5, 5.41) is 8.88. The lowest BCUT2D eigenvalue weighted by atomic mass is 10.2. The Hall–Kier alpha value is -2.33. The molecule has 0 atom stereocenters. The number of likely N-dealkylation sites (N-methyl/N-ethyl adjacent to an activating group) is 1. The minimum Gasteiger partial charge on any atom is -0.480 e. The first kappa shape index (κ1) is 15.1. The molecule has 21 heavy (non-hydrogen) atoms. The Balaban J connectivity index is 2.05. The molecule has 0 heterocycles. The van der Waals surface area contributed by atoms with Crippen molar-refractivity contribution in [2.75, 3.05) is 13.1 Å². The molecule has 0 saturated heterocycles. The first-order valence-electron chi connectivity index (χ1n) is 6.93. The highest BCUT2D eigenvalue weighted by atomic mass is 16.5. The summed E-state index contributed by atoms with van der Waals surface area (Å²) in [4.78, 5) is 12.7. The van der Waals surface area contributed by atoms with Gasteiger partial charge in [-0.05, 0) is 36.4 Å². The molecule has 4 heteroatoms. The van der Waals surface area contributed by atoms with Crippen LogP contribution in [0.25, 0.3) is 0 Å². The lowest BCUT2D eigenvalue weighted by molar-refractivity contribution is -0.138. The van der Waals surface area contributed by atoms with Crippen molar-refractivity contribution in [3.05, 3.63) is 60.2 Å². The lowest BCUT2D eigenvalue weighted by Crippen LogP contribution is -2.29. The predicted molar refractivity (Wildman–Crippen MR) is 81.5 cm³/mol. The molecule has 0 spiro atoms. The highest BCUT2D eigenvalue weighted by Gasteiger charge is 2.08. The number of carboxylic acid groups (broad SMARTS) is 1. The molecule has 0 amide bonds. The first-order valence-corrected chi connectivity index (χ1v) is 6.93. The average molecular weight is 285 g/mol. The van der Waals surface area contributed by atoms with Gasteiger partial charge in [-0.3, -0.25) is 9.69 Å². The van der Waals surface area contributed by atoms with Crippen molar-refractivity contribution < 1.29 is 14.6 Å². The van der Waals surface area contributed by atoms with Crippen LogP contribution < -0.4 is 4.74 Å². The molecule has 0 radical (unpaired) electrons. The van der Waals surface area contributed by atoms with E-state index in [1.165, 1.54) is 0 Å². The van der Waals surface area contributed by atoms with E-state index in [0.717, 1.165) is 17.1 Å². The fourth-order valence-electron chi connectivity index (χ4n) is 2.06. The second kappa shape index (κ2) is 7.45. The monoisotopic (exact) mass is 285 g/mol. The van der Waals surface area contributed by atoms with Crippen LogP contribution >= 0.6 is 0 Å². The quantitative estimate of drug-likeness (QED) is 0.847. The van der Waals surface area contributed by atoms with E-state index in [2.05, 4.69) is 0 Å². The topological polar surface area (TPSA) is 49.8 Å². The average Bonchev–Trinajstić information content (AvgIpc) is 2.47. The summed E-state index contributed by atoms with van der Waals surface area (Å²) in [6.45, 7) is 3.28. The zero-order chi connectivity index (χ0) is 15.1. The van der Waals surface area contributed by atoms with Gasteiger partial charge in [0.05, 0.1) is 6.54 Å². The molecular weight excluding hydrogens is 266 g/mol. The van der Waals surface area contributed by atoms with Crippen molar-refractivity contribution in [2.45, 2.75) is 13.5 Å². The number of para-hydroxylation sites is 1. The Bertz CT molecular complexity index is 584. The second-order valence-electron chi connectivity index (χ2n) is 4.76. The van der Waals surface area contributed by atoms with E-state index in [4.69, 9.17) is 9.84 Å². The Morgan fingerprint density at radius 1 is 1.10 bits per heavy atom. The van der Waals surface area contributed by atoms with E-state index in [1.54, 1.807) is 0 Å². The zero-order valence-corrected chi connectivity index (χ0v) is 12.0. The Morgan fingerprint density at radius 3 is 2.48 bits per heavy atom. The number of nitrogens with zero attached hydrogens (tertiary/aromatic N) is 1. The Labute approximate surface area is 124 Å². The maximum Gasteiger partial charge on any atom is 0.317 e. The van der Waals surface area contributed by atoms with Crippen molar-refractivity contribution >= 4 is 5.97 Å². The van der Waals surface area contributed by atoms with Gasteiger partial charge in [0, 0.05) is 6.54 Å². The van der Waals surface area contributed by atoms with Gasteiger partial charge in [0.1, 0.15) is 11.5 Å². The molecule has 4 nitrogen and oxygen atoms in total. The Kier molecular flexibility index (Phi) is 5.35. The van der Waals surface area contributed by atoms with Crippen LogP contribution in [-0.2, 0) is 11.3 Å². The summed E-state index contributed by atoms with van der Waals surface area (Å²) < 4.78 is 5.78. The standard InChI is InChI=1S/C17H19NO3/c1-2-18(13-17(19)20)12-14-7-6-10-16(11-14)21-15-8-4-3-5-9-15/h3-11H,2,12-13H2,1H3,(H,19,20). The van der Waals surface area contributed by atoms with Gasteiger partial charge in [0.25, 0.3) is 0 Å². The first-order chi connectivity index (χ1) is 10.2. The van der Waals surface area contributed by atoms with E-state index >= 15 is 0 Å². The number of ether oxygens (including phenoxy) is 1. The lowest BCUT2D eigenvalue weighted by Gasteiger charge is -2.18. The number of carbonyl (C=O) groups is 1. The van der Waals surface area contributed by atoms with Crippen molar-refractivity contribution in [1.82, 2.24) is 4.90 Å². The molecule has 2 rings (SSSR count). The van der Waals surface area contributed by atoms with Gasteiger partial charge in [-0.15, -0.1) is 0 Å². The minimum absolute atomic E-state index is 0.0419. The number of carboxylic acids is 1. The van der Waals surface area contributed by atoms with Crippen LogP contribution in [0, 0.1) is 0 Å². The summed E-state index contributed by atoms with van der Waals surface area (Å²) in [6, 6.07) is 17.3. The number of rotatable bonds is 7. The predicted octanol–water partition coefficient (Wildman–Crippen LogP) is 3.39. The molecule has 1 N–H and O–H groups in total. The van der Waals surface area contributed by atoms with E-state index in [0.29, 0.717) is 13.1 Å². The maximum atomic E-state index is 10.8. The van der Waals surface area contributed by atoms with E-state index in [1.807, 2.05) is 66.4 Å². The normalized spacial score (nSPS) is 10.6. The number of benzene rings is 2. The highest BCUT2D eigenvalue weighted by Crippen LogP contribution is 2.22. The molecular formula is C17H19NO3. The van der Waals surface area contributed by atoms with Gasteiger partial charge in [-0.1, -0.05) is 37.3 Å². The molecule has 110 valence electrons. The highest BCUT2D eigenvalue weighted by molar-refractivity contribution is 5.69. The van der Waals surface area contributed by atoms with Gasteiger partial charge in [0.15, 0.2) is 0 Å². The molecule has 0 aliphatic heterocycles. The molecule has 2 aromatic carbocycles. The van der Waals surface area contributed by atoms with Crippen molar-refractivity contribution in [2.24, 2.45) is 0 Å². The van der Waals surface area contributed by atoms with Crippen molar-refractivity contribution in [3.63, 3.8) is 0 Å². The van der Waals surface area contributed by atoms with Crippen LogP contribution in [-0.4, -0.2) is 29.1 Å². The van der Waals surface area contributed by atoms with Crippen LogP contribution in [0.1, 0.15) is 12.5 Å². The van der Waals surface area contributed by atoms with Crippen molar-refractivity contribution in [1.29, 1.82) is 0 Å². The van der Waals surface area contributed by atoms with Gasteiger partial charge in [0.2, 0.25) is 0 Å². The van der Waals surface area contributed by atoms with Gasteiger partial charge in [-0.2, -0.15) is 0 Å². The fraction of sp³-hybridized carbons (Fsp3) is 0.235. The summed E-state index contributed by atoms with van der Waals surface area (Å²) in [5.41, 5.74) is 1.03. The molecule has 0 aromatic heterocycles. The summed E-state index contributed by atoms with van der Waals surface area (Å²) in [5.74, 6) is 0.728. The van der Waals surface area contributed by atoms with Crippen LogP contribution in [0.15, 0.2) is 54.6 Å². The summed E-state index contributed by atoms with van der Waals surface area (Å²) in [6.07, 6.45) is 0. The minimum atomic E-state index is -0.812. The van der Waals surface area contributed by atoms with E-state index in [-0.39, 0.29) is 6.54 Å². The van der Waals surface area contributed by atoms with Gasteiger partial charge >= 0.3 is 5.97 Å². The summed E-state index contributed by atoms with van der Waals surface area (Å²) >= 11 is 0. The smallest absolute Gasteiger partial charge is 0.317 e. The van der Waals surface area contributed by atoms with E-state index < -0.39 is 5.97 Å². The number of hydrogen-bond acceptors (Lipinski definition) is 3. The van der Waals surface area contributed by atoms with Gasteiger partial charge < -0.3 is 9.84 Å². The fourth-order valence-corrected chi connectivity index (χ4v) is 2.06. The molecule has 0 saturated carbocycles. The molecule has 0 bridgehead atoms. The molecule has 0 aliphatic rings. The molecule has 2 aromatic rings. The third-order valence-corrected chi connectivity index (χ3v) is 3.09. The largest absolute Gasteiger partial charge is 0.480 e. The Morgan fingerprint density at radius 2 is 1.81 bits per heavy atom. The van der Waals surface area contributed by atoms with Crippen molar-refractivity contribution in [3.8, 4) is 11.5 Å². The summed E-state index contributed by atoms with van der Waals surface area (Å²) in [7, 11) is 0. The van der Waals surface area contributed by atoms with Crippen LogP contribution in [0.2, 0.25) is 0 Å². The second-order valence-corrected chi connectivity index (χ2v) is 4.76. The van der Waals surface area contributed by atoms with E-state index in [9.17, 15) is 4.79 Å². The van der Waals surface area contributed by atoms with Crippen LogP contribution in [0.5, 0.6) is 11.5 Å². The third kappa shape index (κ3) is 4.93. The van der Waals surface area contributed by atoms with Crippen LogP contribution in [0.3, 0.4) is 0 Å². The van der Waals surface area contributed by atoms with Crippen LogP contribution in [0.4, 0.5) is 0 Å². The number of aliphatic carboxylic acids is 1.